The van der Waals surface area contributed by atoms with E-state index in [9.17, 15) is 4.79 Å². The van der Waals surface area contributed by atoms with Crippen molar-refractivity contribution in [1.29, 1.82) is 0 Å². The summed E-state index contributed by atoms with van der Waals surface area (Å²) in [5.41, 5.74) is 7.92. The second-order valence-corrected chi connectivity index (χ2v) is 4.47. The van der Waals surface area contributed by atoms with Crippen LogP contribution in [0.5, 0.6) is 0 Å². The Morgan fingerprint density at radius 1 is 1.50 bits per heavy atom. The normalized spacial score (nSPS) is 14.3. The van der Waals surface area contributed by atoms with Crippen LogP contribution in [0.4, 0.5) is 11.4 Å². The van der Waals surface area contributed by atoms with Gasteiger partial charge in [-0.25, -0.2) is 0 Å². The average molecular weight is 249 g/mol. The molecular weight excluding hydrogens is 230 g/mol. The highest BCUT2D eigenvalue weighted by molar-refractivity contribution is 5.96. The van der Waals surface area contributed by atoms with Crippen molar-refractivity contribution in [3.63, 3.8) is 0 Å². The van der Waals surface area contributed by atoms with Crippen LogP contribution in [0.1, 0.15) is 23.2 Å². The van der Waals surface area contributed by atoms with Crippen molar-refractivity contribution in [1.82, 2.24) is 5.32 Å². The van der Waals surface area contributed by atoms with Gasteiger partial charge < -0.3 is 21.1 Å². The third kappa shape index (κ3) is 3.37. The Morgan fingerprint density at radius 3 is 2.89 bits per heavy atom. The fourth-order valence-corrected chi connectivity index (χ4v) is 1.65. The van der Waals surface area contributed by atoms with Crippen LogP contribution >= 0.6 is 0 Å². The molecule has 0 bridgehead atoms. The van der Waals surface area contributed by atoms with Crippen LogP contribution in [0, 0.1) is 0 Å². The standard InChI is InChI=1S/C13H19N3O2/c1-18-7-6-15-12-5-2-9(8-11(12)14)13(17)16-10-3-4-10/h2,5,8,10,15H,3-4,6-7,14H2,1H3,(H,16,17). The molecule has 1 aliphatic rings. The van der Waals surface area contributed by atoms with E-state index in [1.54, 1.807) is 19.2 Å². The molecule has 0 heterocycles. The number of methoxy groups -OCH3 is 1. The lowest BCUT2D eigenvalue weighted by Gasteiger charge is -2.10. The fraction of sp³-hybridized carbons (Fsp3) is 0.462. The van der Waals surface area contributed by atoms with Crippen LogP contribution < -0.4 is 16.4 Å². The minimum Gasteiger partial charge on any atom is -0.397 e. The van der Waals surface area contributed by atoms with Gasteiger partial charge in [-0.1, -0.05) is 0 Å². The van der Waals surface area contributed by atoms with E-state index in [1.807, 2.05) is 6.07 Å². The molecule has 18 heavy (non-hydrogen) atoms. The van der Waals surface area contributed by atoms with Crippen molar-refractivity contribution in [3.8, 4) is 0 Å². The zero-order valence-electron chi connectivity index (χ0n) is 10.5. The second-order valence-electron chi connectivity index (χ2n) is 4.47. The minimum absolute atomic E-state index is 0.0485. The first kappa shape index (κ1) is 12.7. The first-order valence-electron chi connectivity index (χ1n) is 6.14. The lowest BCUT2D eigenvalue weighted by atomic mass is 10.1. The van der Waals surface area contributed by atoms with Crippen molar-refractivity contribution in [2.24, 2.45) is 0 Å². The number of nitrogens with one attached hydrogen (secondary N) is 2. The number of benzene rings is 1. The van der Waals surface area contributed by atoms with Crippen LogP contribution in [0.2, 0.25) is 0 Å². The summed E-state index contributed by atoms with van der Waals surface area (Å²) in [5, 5.41) is 6.09. The van der Waals surface area contributed by atoms with Crippen molar-refractivity contribution >= 4 is 17.3 Å². The highest BCUT2D eigenvalue weighted by Crippen LogP contribution is 2.22. The highest BCUT2D eigenvalue weighted by Gasteiger charge is 2.23. The number of anilines is 2. The molecule has 1 fully saturated rings. The van der Waals surface area contributed by atoms with Crippen LogP contribution in [0.3, 0.4) is 0 Å². The third-order valence-electron chi connectivity index (χ3n) is 2.85. The molecule has 1 aromatic rings. The molecule has 0 atom stereocenters. The Kier molecular flexibility index (Phi) is 4.04. The Labute approximate surface area is 107 Å². The molecule has 1 amide bonds. The molecule has 98 valence electrons. The number of amides is 1. The number of carbonyl (C=O) groups is 1. The summed E-state index contributed by atoms with van der Waals surface area (Å²) in [6.07, 6.45) is 2.16. The number of nitrogens with two attached hydrogens (primary N) is 1. The van der Waals surface area contributed by atoms with Gasteiger partial charge in [0.05, 0.1) is 18.0 Å². The molecule has 0 saturated heterocycles. The number of rotatable bonds is 6. The minimum atomic E-state index is -0.0485. The first-order chi connectivity index (χ1) is 8.70. The predicted molar refractivity (Wildman–Crippen MR) is 71.7 cm³/mol. The molecule has 0 radical (unpaired) electrons. The van der Waals surface area contributed by atoms with Gasteiger partial charge in [0.15, 0.2) is 0 Å². The summed E-state index contributed by atoms with van der Waals surface area (Å²) < 4.78 is 4.95. The summed E-state index contributed by atoms with van der Waals surface area (Å²) in [6.45, 7) is 1.30. The van der Waals surface area contributed by atoms with Crippen LogP contribution in [0.15, 0.2) is 18.2 Å². The van der Waals surface area contributed by atoms with E-state index in [2.05, 4.69) is 10.6 Å². The molecular formula is C13H19N3O2. The molecule has 0 spiro atoms. The maximum absolute atomic E-state index is 11.8. The Bertz CT molecular complexity index is 430. The molecule has 0 aromatic heterocycles. The van der Waals surface area contributed by atoms with Crippen molar-refractivity contribution in [2.45, 2.75) is 18.9 Å². The third-order valence-corrected chi connectivity index (χ3v) is 2.85. The maximum atomic E-state index is 11.8. The maximum Gasteiger partial charge on any atom is 0.251 e. The van der Waals surface area contributed by atoms with Gasteiger partial charge in [0, 0.05) is 25.3 Å². The Balaban J connectivity index is 1.96. The van der Waals surface area contributed by atoms with E-state index in [-0.39, 0.29) is 5.91 Å². The number of hydrogen-bond acceptors (Lipinski definition) is 4. The lowest BCUT2D eigenvalue weighted by Crippen LogP contribution is -2.25. The van der Waals surface area contributed by atoms with E-state index in [1.165, 1.54) is 0 Å². The van der Waals surface area contributed by atoms with E-state index < -0.39 is 0 Å². The summed E-state index contributed by atoms with van der Waals surface area (Å²) in [4.78, 5) is 11.8. The molecule has 5 nitrogen and oxygen atoms in total. The van der Waals surface area contributed by atoms with E-state index >= 15 is 0 Å². The van der Waals surface area contributed by atoms with Gasteiger partial charge in [0.1, 0.15) is 0 Å². The monoisotopic (exact) mass is 249 g/mol. The van der Waals surface area contributed by atoms with Gasteiger partial charge in [0.25, 0.3) is 5.91 Å². The number of carbonyl (C=O) groups excluding carboxylic acids is 1. The van der Waals surface area contributed by atoms with E-state index in [0.29, 0.717) is 30.4 Å². The largest absolute Gasteiger partial charge is 0.397 e. The molecule has 2 rings (SSSR count). The summed E-state index contributed by atoms with van der Waals surface area (Å²) in [7, 11) is 1.65. The van der Waals surface area contributed by atoms with Gasteiger partial charge in [-0.2, -0.15) is 0 Å². The summed E-state index contributed by atoms with van der Waals surface area (Å²) >= 11 is 0. The van der Waals surface area contributed by atoms with Gasteiger partial charge >= 0.3 is 0 Å². The molecule has 1 saturated carbocycles. The van der Waals surface area contributed by atoms with Gasteiger partial charge in [-0.15, -0.1) is 0 Å². The molecule has 0 aliphatic heterocycles. The topological polar surface area (TPSA) is 76.4 Å². The van der Waals surface area contributed by atoms with Crippen molar-refractivity contribution < 1.29 is 9.53 Å². The Morgan fingerprint density at radius 2 is 2.28 bits per heavy atom. The SMILES string of the molecule is COCCNc1ccc(C(=O)NC2CC2)cc1N. The Hall–Kier alpha value is -1.75. The van der Waals surface area contributed by atoms with Crippen molar-refractivity contribution in [3.05, 3.63) is 23.8 Å². The zero-order chi connectivity index (χ0) is 13.0. The van der Waals surface area contributed by atoms with Crippen molar-refractivity contribution in [2.75, 3.05) is 31.3 Å². The van der Waals surface area contributed by atoms with Gasteiger partial charge in [-0.05, 0) is 31.0 Å². The number of ether oxygens (including phenoxy) is 1. The molecule has 4 N–H and O–H groups in total. The fourth-order valence-electron chi connectivity index (χ4n) is 1.65. The molecule has 0 unspecified atom stereocenters. The summed E-state index contributed by atoms with van der Waals surface area (Å²) in [5.74, 6) is -0.0485. The van der Waals surface area contributed by atoms with Crippen LogP contribution in [0.25, 0.3) is 0 Å². The highest BCUT2D eigenvalue weighted by atomic mass is 16.5. The van der Waals surface area contributed by atoms with Crippen LogP contribution in [-0.4, -0.2) is 32.2 Å². The second kappa shape index (κ2) is 5.73. The first-order valence-corrected chi connectivity index (χ1v) is 6.14. The quantitative estimate of drug-likeness (QED) is 0.523. The number of nitrogen functional groups attached to an aromatic ring is 1. The zero-order valence-corrected chi connectivity index (χ0v) is 10.5. The van der Waals surface area contributed by atoms with E-state index in [4.69, 9.17) is 10.5 Å². The molecule has 1 aromatic carbocycles. The molecule has 1 aliphatic carbocycles. The summed E-state index contributed by atoms with van der Waals surface area (Å²) in [6, 6.07) is 5.67. The predicted octanol–water partition coefficient (Wildman–Crippen LogP) is 1.22. The van der Waals surface area contributed by atoms with Crippen LogP contribution in [-0.2, 0) is 4.74 Å². The average Bonchev–Trinajstić information content (AvgIpc) is 3.15. The number of hydrogen-bond donors (Lipinski definition) is 3. The molecule has 5 heteroatoms. The smallest absolute Gasteiger partial charge is 0.251 e. The lowest BCUT2D eigenvalue weighted by molar-refractivity contribution is 0.0951. The van der Waals surface area contributed by atoms with Gasteiger partial charge in [-0.3, -0.25) is 4.79 Å². The van der Waals surface area contributed by atoms with Gasteiger partial charge in [0.2, 0.25) is 0 Å². The van der Waals surface area contributed by atoms with E-state index in [0.717, 1.165) is 18.5 Å².